The minimum Gasteiger partial charge on any atom is -0.0622 e. The first-order valence-electron chi connectivity index (χ1n) is 6.93. The summed E-state index contributed by atoms with van der Waals surface area (Å²) in [6.07, 6.45) is 11.9. The second-order valence-electron chi connectivity index (χ2n) is 5.89. The summed E-state index contributed by atoms with van der Waals surface area (Å²) in [6, 6.07) is 11.1. The quantitative estimate of drug-likeness (QED) is 0.623. The minimum atomic E-state index is 0.783. The molecule has 0 N–H and O–H groups in total. The molecule has 0 heterocycles. The predicted octanol–water partition coefficient (Wildman–Crippen LogP) is 4.90. The van der Waals surface area contributed by atoms with Gasteiger partial charge in [0, 0.05) is 0 Å². The Morgan fingerprint density at radius 3 is 2.06 bits per heavy atom. The molecule has 0 nitrogen and oxygen atoms in total. The molecule has 3 rings (SSSR count). The topological polar surface area (TPSA) is 0 Å². The molecule has 2 aliphatic carbocycles. The first-order valence-corrected chi connectivity index (χ1v) is 6.93. The van der Waals surface area contributed by atoms with E-state index in [9.17, 15) is 0 Å². The summed E-state index contributed by atoms with van der Waals surface area (Å²) in [5, 5.41) is 0. The standard InChI is InChI=1S/C16H22/c1-2-6-14(7-3-1)15-8-12-16(13-9-15)10-4-5-11-16/h1-3,6-7,15H,4-5,8-13H2. The highest BCUT2D eigenvalue weighted by Crippen LogP contribution is 2.52. The fraction of sp³-hybridized carbons (Fsp3) is 0.625. The fourth-order valence-electron chi connectivity index (χ4n) is 3.91. The van der Waals surface area contributed by atoms with Crippen molar-refractivity contribution in [2.24, 2.45) is 5.41 Å². The van der Waals surface area contributed by atoms with Crippen LogP contribution in [0.2, 0.25) is 0 Å². The maximum absolute atomic E-state index is 2.32. The third-order valence-corrected chi connectivity index (χ3v) is 4.98. The summed E-state index contributed by atoms with van der Waals surface area (Å²) in [6.45, 7) is 0. The lowest BCUT2D eigenvalue weighted by atomic mass is 9.68. The smallest absolute Gasteiger partial charge is 0.0162 e. The van der Waals surface area contributed by atoms with Crippen LogP contribution in [-0.4, -0.2) is 0 Å². The Bertz CT molecular complexity index is 322. The Balaban J connectivity index is 1.66. The van der Waals surface area contributed by atoms with E-state index in [-0.39, 0.29) is 0 Å². The summed E-state index contributed by atoms with van der Waals surface area (Å²) in [4.78, 5) is 0. The Morgan fingerprint density at radius 2 is 1.44 bits per heavy atom. The maximum Gasteiger partial charge on any atom is -0.0162 e. The Labute approximate surface area is 99.1 Å². The molecule has 1 aromatic rings. The molecule has 0 bridgehead atoms. The van der Waals surface area contributed by atoms with Crippen molar-refractivity contribution >= 4 is 0 Å². The zero-order chi connectivity index (χ0) is 10.8. The zero-order valence-electron chi connectivity index (χ0n) is 10.1. The average molecular weight is 214 g/mol. The molecule has 0 radical (unpaired) electrons. The molecule has 0 aromatic heterocycles. The lowest BCUT2D eigenvalue weighted by Crippen LogP contribution is -2.23. The molecule has 1 spiro atoms. The van der Waals surface area contributed by atoms with Crippen LogP contribution in [0.1, 0.15) is 62.8 Å². The van der Waals surface area contributed by atoms with Gasteiger partial charge in [-0.15, -0.1) is 0 Å². The molecular formula is C16H22. The van der Waals surface area contributed by atoms with Crippen LogP contribution in [0.4, 0.5) is 0 Å². The monoisotopic (exact) mass is 214 g/mol. The molecule has 0 amide bonds. The van der Waals surface area contributed by atoms with Crippen molar-refractivity contribution in [3.05, 3.63) is 35.9 Å². The number of benzene rings is 1. The summed E-state index contributed by atoms with van der Waals surface area (Å²) < 4.78 is 0. The van der Waals surface area contributed by atoms with Gasteiger partial charge in [-0.2, -0.15) is 0 Å². The van der Waals surface area contributed by atoms with Crippen molar-refractivity contribution in [2.75, 3.05) is 0 Å². The predicted molar refractivity (Wildman–Crippen MR) is 68.6 cm³/mol. The van der Waals surface area contributed by atoms with Crippen LogP contribution in [0.15, 0.2) is 30.3 Å². The number of rotatable bonds is 1. The van der Waals surface area contributed by atoms with Gasteiger partial charge in [-0.25, -0.2) is 0 Å². The van der Waals surface area contributed by atoms with Crippen LogP contribution in [0.3, 0.4) is 0 Å². The first kappa shape index (κ1) is 10.4. The van der Waals surface area contributed by atoms with Crippen molar-refractivity contribution in [3.63, 3.8) is 0 Å². The Morgan fingerprint density at radius 1 is 0.812 bits per heavy atom. The van der Waals surface area contributed by atoms with Crippen molar-refractivity contribution in [1.82, 2.24) is 0 Å². The highest BCUT2D eigenvalue weighted by atomic mass is 14.4. The largest absolute Gasteiger partial charge is 0.0622 e. The molecule has 0 atom stereocenters. The van der Waals surface area contributed by atoms with Gasteiger partial charge in [-0.3, -0.25) is 0 Å². The minimum absolute atomic E-state index is 0.783. The van der Waals surface area contributed by atoms with Gasteiger partial charge in [0.1, 0.15) is 0 Å². The second kappa shape index (κ2) is 4.24. The summed E-state index contributed by atoms with van der Waals surface area (Å²) in [5.74, 6) is 0.854. The van der Waals surface area contributed by atoms with Gasteiger partial charge >= 0.3 is 0 Å². The number of hydrogen-bond donors (Lipinski definition) is 0. The molecule has 2 saturated carbocycles. The van der Waals surface area contributed by atoms with E-state index in [0.717, 1.165) is 11.3 Å². The van der Waals surface area contributed by atoms with Crippen LogP contribution in [0.5, 0.6) is 0 Å². The lowest BCUT2D eigenvalue weighted by molar-refractivity contribution is 0.181. The van der Waals surface area contributed by atoms with E-state index in [4.69, 9.17) is 0 Å². The van der Waals surface area contributed by atoms with E-state index in [1.165, 1.54) is 51.4 Å². The van der Waals surface area contributed by atoms with E-state index in [2.05, 4.69) is 30.3 Å². The van der Waals surface area contributed by atoms with E-state index >= 15 is 0 Å². The third-order valence-electron chi connectivity index (χ3n) is 4.98. The molecule has 0 unspecified atom stereocenters. The molecule has 86 valence electrons. The molecule has 1 aromatic carbocycles. The van der Waals surface area contributed by atoms with Crippen LogP contribution >= 0.6 is 0 Å². The highest BCUT2D eigenvalue weighted by molar-refractivity contribution is 5.20. The van der Waals surface area contributed by atoms with Crippen molar-refractivity contribution in [2.45, 2.75) is 57.3 Å². The normalized spacial score (nSPS) is 25.0. The van der Waals surface area contributed by atoms with Crippen molar-refractivity contribution < 1.29 is 0 Å². The molecule has 0 saturated heterocycles. The second-order valence-corrected chi connectivity index (χ2v) is 5.89. The van der Waals surface area contributed by atoms with Gasteiger partial charge in [0.2, 0.25) is 0 Å². The molecule has 0 aliphatic heterocycles. The highest BCUT2D eigenvalue weighted by Gasteiger charge is 2.37. The third kappa shape index (κ3) is 1.90. The van der Waals surface area contributed by atoms with E-state index in [1.807, 2.05) is 0 Å². The van der Waals surface area contributed by atoms with Gasteiger partial charge in [-0.1, -0.05) is 43.2 Å². The Kier molecular flexibility index (Phi) is 2.75. The average Bonchev–Trinajstić information content (AvgIpc) is 2.80. The molecule has 2 aliphatic rings. The molecule has 2 fully saturated rings. The first-order chi connectivity index (χ1) is 7.88. The molecule has 0 heteroatoms. The number of hydrogen-bond acceptors (Lipinski definition) is 0. The maximum atomic E-state index is 2.32. The van der Waals surface area contributed by atoms with Gasteiger partial charge in [0.25, 0.3) is 0 Å². The molecular weight excluding hydrogens is 192 g/mol. The van der Waals surface area contributed by atoms with Crippen LogP contribution in [0, 0.1) is 5.41 Å². The van der Waals surface area contributed by atoms with E-state index in [1.54, 1.807) is 5.56 Å². The summed E-state index contributed by atoms with van der Waals surface area (Å²) >= 11 is 0. The lowest BCUT2D eigenvalue weighted by Gasteiger charge is -2.37. The van der Waals surface area contributed by atoms with E-state index in [0.29, 0.717) is 0 Å². The van der Waals surface area contributed by atoms with Gasteiger partial charge in [0.15, 0.2) is 0 Å². The molecule has 16 heavy (non-hydrogen) atoms. The van der Waals surface area contributed by atoms with Crippen LogP contribution in [-0.2, 0) is 0 Å². The zero-order valence-corrected chi connectivity index (χ0v) is 10.1. The fourth-order valence-corrected chi connectivity index (χ4v) is 3.91. The summed E-state index contributed by atoms with van der Waals surface area (Å²) in [5.41, 5.74) is 2.36. The van der Waals surface area contributed by atoms with E-state index < -0.39 is 0 Å². The Hall–Kier alpha value is -0.780. The van der Waals surface area contributed by atoms with Gasteiger partial charge in [-0.05, 0) is 55.4 Å². The van der Waals surface area contributed by atoms with Crippen molar-refractivity contribution in [3.8, 4) is 0 Å². The summed E-state index contributed by atoms with van der Waals surface area (Å²) in [7, 11) is 0. The van der Waals surface area contributed by atoms with Crippen molar-refractivity contribution in [1.29, 1.82) is 0 Å². The van der Waals surface area contributed by atoms with Gasteiger partial charge < -0.3 is 0 Å². The van der Waals surface area contributed by atoms with Gasteiger partial charge in [0.05, 0.1) is 0 Å². The van der Waals surface area contributed by atoms with Crippen LogP contribution < -0.4 is 0 Å². The van der Waals surface area contributed by atoms with Crippen LogP contribution in [0.25, 0.3) is 0 Å². The SMILES string of the molecule is c1ccc(C2CCC3(CCCC3)CC2)cc1.